The Morgan fingerprint density at radius 3 is 2.36 bits per heavy atom. The minimum Gasteiger partial charge on any atom is -0.314 e. The lowest BCUT2D eigenvalue weighted by Gasteiger charge is -2.39. The van der Waals surface area contributed by atoms with Crippen molar-refractivity contribution in [3.05, 3.63) is 0 Å². The first kappa shape index (κ1) is 12.0. The van der Waals surface area contributed by atoms with Gasteiger partial charge < -0.3 is 10.2 Å². The normalized spacial score (nSPS) is 22.5. The van der Waals surface area contributed by atoms with Crippen LogP contribution in [0.15, 0.2) is 0 Å². The highest BCUT2D eigenvalue weighted by molar-refractivity contribution is 4.87. The summed E-state index contributed by atoms with van der Waals surface area (Å²) in [7, 11) is 2.09. The van der Waals surface area contributed by atoms with Gasteiger partial charge in [-0.05, 0) is 52.9 Å². The molecule has 0 atom stereocenters. The highest BCUT2D eigenvalue weighted by Crippen LogP contribution is 2.21. The summed E-state index contributed by atoms with van der Waals surface area (Å²) in [6.45, 7) is 8.49. The summed E-state index contributed by atoms with van der Waals surface area (Å²) < 4.78 is 0. The van der Waals surface area contributed by atoms with Crippen LogP contribution in [0.3, 0.4) is 0 Å². The molecule has 1 aliphatic rings. The zero-order chi connectivity index (χ0) is 10.4. The Labute approximate surface area is 89.1 Å². The first-order valence-electron chi connectivity index (χ1n) is 6.11. The van der Waals surface area contributed by atoms with Crippen LogP contribution in [0.25, 0.3) is 0 Å². The van der Waals surface area contributed by atoms with E-state index >= 15 is 0 Å². The van der Waals surface area contributed by atoms with Crippen LogP contribution >= 0.6 is 0 Å². The van der Waals surface area contributed by atoms with Crippen molar-refractivity contribution in [1.29, 1.82) is 0 Å². The molecule has 0 aliphatic carbocycles. The average Bonchev–Trinajstić information content (AvgIpc) is 2.22. The summed E-state index contributed by atoms with van der Waals surface area (Å²) in [5.74, 6) is 0. The molecule has 0 amide bonds. The van der Waals surface area contributed by atoms with Crippen molar-refractivity contribution in [1.82, 2.24) is 10.2 Å². The molecule has 0 spiro atoms. The second-order valence-corrected chi connectivity index (χ2v) is 4.86. The number of nitrogens with one attached hydrogen (secondary N) is 1. The number of nitrogens with zero attached hydrogens (tertiary/aromatic N) is 1. The van der Waals surface area contributed by atoms with E-state index in [1.807, 2.05) is 0 Å². The summed E-state index contributed by atoms with van der Waals surface area (Å²) in [5, 5.41) is 3.44. The maximum Gasteiger partial charge on any atom is 0.0174 e. The second kappa shape index (κ2) is 5.72. The molecule has 0 radical (unpaired) electrons. The lowest BCUT2D eigenvalue weighted by Crippen LogP contribution is -2.50. The molecule has 84 valence electrons. The van der Waals surface area contributed by atoms with Gasteiger partial charge in [0.25, 0.3) is 0 Å². The van der Waals surface area contributed by atoms with Gasteiger partial charge in [0.05, 0.1) is 0 Å². The van der Waals surface area contributed by atoms with Gasteiger partial charge in [0.15, 0.2) is 0 Å². The van der Waals surface area contributed by atoms with Crippen molar-refractivity contribution in [2.75, 3.05) is 26.7 Å². The molecule has 14 heavy (non-hydrogen) atoms. The van der Waals surface area contributed by atoms with Crippen molar-refractivity contribution >= 4 is 0 Å². The number of hydrogen-bond donors (Lipinski definition) is 1. The summed E-state index contributed by atoms with van der Waals surface area (Å²) in [4.78, 5) is 2.62. The second-order valence-electron chi connectivity index (χ2n) is 4.86. The fraction of sp³-hybridized carbons (Fsp3) is 1.00. The summed E-state index contributed by atoms with van der Waals surface area (Å²) in [6.07, 6.45) is 6.71. The fourth-order valence-corrected chi connectivity index (χ4v) is 2.11. The predicted octanol–water partition coefficient (Wildman–Crippen LogP) is 2.25. The van der Waals surface area contributed by atoms with E-state index in [-0.39, 0.29) is 0 Å². The maximum absolute atomic E-state index is 3.44. The highest BCUT2D eigenvalue weighted by atomic mass is 15.1. The van der Waals surface area contributed by atoms with E-state index in [0.29, 0.717) is 5.54 Å². The molecule has 1 saturated heterocycles. The molecule has 1 fully saturated rings. The third kappa shape index (κ3) is 3.58. The van der Waals surface area contributed by atoms with Crippen molar-refractivity contribution in [3.8, 4) is 0 Å². The number of hydrogen-bond acceptors (Lipinski definition) is 2. The Kier molecular flexibility index (Phi) is 4.90. The minimum absolute atomic E-state index is 0.404. The standard InChI is InChI=1S/C12H26N2/c1-4-5-6-9-14-10-7-12(2,13-3)8-11-14/h13H,4-11H2,1-3H3. The van der Waals surface area contributed by atoms with Crippen LogP contribution in [-0.4, -0.2) is 37.1 Å². The highest BCUT2D eigenvalue weighted by Gasteiger charge is 2.27. The zero-order valence-electron chi connectivity index (χ0n) is 10.1. The van der Waals surface area contributed by atoms with Crippen LogP contribution in [0.1, 0.15) is 46.0 Å². The molecular formula is C12H26N2. The van der Waals surface area contributed by atoms with Crippen molar-refractivity contribution < 1.29 is 0 Å². The molecule has 1 heterocycles. The van der Waals surface area contributed by atoms with Crippen molar-refractivity contribution in [2.45, 2.75) is 51.5 Å². The predicted molar refractivity (Wildman–Crippen MR) is 62.7 cm³/mol. The van der Waals surface area contributed by atoms with Gasteiger partial charge in [-0.2, -0.15) is 0 Å². The Bertz CT molecular complexity index is 148. The van der Waals surface area contributed by atoms with E-state index in [2.05, 4.69) is 31.1 Å². The van der Waals surface area contributed by atoms with E-state index in [9.17, 15) is 0 Å². The first-order valence-corrected chi connectivity index (χ1v) is 6.11. The topological polar surface area (TPSA) is 15.3 Å². The molecule has 0 unspecified atom stereocenters. The Hall–Kier alpha value is -0.0800. The quantitative estimate of drug-likeness (QED) is 0.682. The molecule has 0 aromatic carbocycles. The summed E-state index contributed by atoms with van der Waals surface area (Å²) >= 11 is 0. The monoisotopic (exact) mass is 198 g/mol. The van der Waals surface area contributed by atoms with Gasteiger partial charge in [0.1, 0.15) is 0 Å². The van der Waals surface area contributed by atoms with Gasteiger partial charge in [-0.3, -0.25) is 0 Å². The van der Waals surface area contributed by atoms with Crippen molar-refractivity contribution in [2.24, 2.45) is 0 Å². The largest absolute Gasteiger partial charge is 0.314 e. The van der Waals surface area contributed by atoms with Gasteiger partial charge in [-0.15, -0.1) is 0 Å². The number of likely N-dealkylation sites (tertiary alicyclic amines) is 1. The van der Waals surface area contributed by atoms with Crippen LogP contribution in [0, 0.1) is 0 Å². The third-order valence-corrected chi connectivity index (χ3v) is 3.64. The Balaban J connectivity index is 2.15. The molecular weight excluding hydrogens is 172 g/mol. The zero-order valence-corrected chi connectivity index (χ0v) is 10.1. The van der Waals surface area contributed by atoms with E-state index in [1.165, 1.54) is 51.7 Å². The lowest BCUT2D eigenvalue weighted by atomic mass is 9.90. The SMILES string of the molecule is CCCCCN1CCC(C)(NC)CC1. The average molecular weight is 198 g/mol. The van der Waals surface area contributed by atoms with Crippen LogP contribution in [0.2, 0.25) is 0 Å². The number of piperidine rings is 1. The Morgan fingerprint density at radius 1 is 1.21 bits per heavy atom. The molecule has 0 bridgehead atoms. The summed E-state index contributed by atoms with van der Waals surface area (Å²) in [5.41, 5.74) is 0.404. The van der Waals surface area contributed by atoms with Gasteiger partial charge in [0.2, 0.25) is 0 Å². The smallest absolute Gasteiger partial charge is 0.0174 e. The van der Waals surface area contributed by atoms with Crippen LogP contribution < -0.4 is 5.32 Å². The molecule has 1 N–H and O–H groups in total. The van der Waals surface area contributed by atoms with E-state index in [0.717, 1.165) is 0 Å². The number of rotatable bonds is 5. The first-order chi connectivity index (χ1) is 6.70. The van der Waals surface area contributed by atoms with Gasteiger partial charge in [0, 0.05) is 5.54 Å². The van der Waals surface area contributed by atoms with E-state index < -0.39 is 0 Å². The Morgan fingerprint density at radius 2 is 1.86 bits per heavy atom. The summed E-state index contributed by atoms with van der Waals surface area (Å²) in [6, 6.07) is 0. The fourth-order valence-electron chi connectivity index (χ4n) is 2.11. The lowest BCUT2D eigenvalue weighted by molar-refractivity contribution is 0.150. The number of unbranched alkanes of at least 4 members (excludes halogenated alkanes) is 2. The van der Waals surface area contributed by atoms with Crippen LogP contribution in [0.4, 0.5) is 0 Å². The molecule has 0 aromatic heterocycles. The van der Waals surface area contributed by atoms with E-state index in [1.54, 1.807) is 0 Å². The van der Waals surface area contributed by atoms with Gasteiger partial charge in [-0.1, -0.05) is 19.8 Å². The minimum atomic E-state index is 0.404. The third-order valence-electron chi connectivity index (χ3n) is 3.64. The van der Waals surface area contributed by atoms with Crippen LogP contribution in [0.5, 0.6) is 0 Å². The molecule has 1 rings (SSSR count). The van der Waals surface area contributed by atoms with Crippen molar-refractivity contribution in [3.63, 3.8) is 0 Å². The van der Waals surface area contributed by atoms with Gasteiger partial charge >= 0.3 is 0 Å². The van der Waals surface area contributed by atoms with E-state index in [4.69, 9.17) is 0 Å². The molecule has 2 heteroatoms. The molecule has 1 aliphatic heterocycles. The van der Waals surface area contributed by atoms with Crippen LogP contribution in [-0.2, 0) is 0 Å². The maximum atomic E-state index is 3.44. The molecule has 0 saturated carbocycles. The van der Waals surface area contributed by atoms with Gasteiger partial charge in [-0.25, -0.2) is 0 Å². The molecule has 0 aromatic rings. The molecule has 2 nitrogen and oxygen atoms in total.